The number of hydrogen-bond acceptors (Lipinski definition) is 3. The Morgan fingerprint density at radius 2 is 1.70 bits per heavy atom. The monoisotopic (exact) mass is 275 g/mol. The Labute approximate surface area is 121 Å². The SMILES string of the molecule is CCCCCCCCC(=O)c1cc(C(C)=O)ccc1N. The van der Waals surface area contributed by atoms with Crippen molar-refractivity contribution < 1.29 is 9.59 Å². The molecule has 0 unspecified atom stereocenters. The number of nitrogens with two attached hydrogens (primary N) is 1. The van der Waals surface area contributed by atoms with Crippen molar-refractivity contribution >= 4 is 17.3 Å². The van der Waals surface area contributed by atoms with E-state index < -0.39 is 0 Å². The first kappa shape index (κ1) is 16.4. The molecule has 0 amide bonds. The Balaban J connectivity index is 2.50. The number of ketones is 2. The van der Waals surface area contributed by atoms with E-state index in [9.17, 15) is 9.59 Å². The number of anilines is 1. The van der Waals surface area contributed by atoms with Crippen LogP contribution in [0.3, 0.4) is 0 Å². The molecule has 0 saturated heterocycles. The van der Waals surface area contributed by atoms with Crippen molar-refractivity contribution in [2.45, 2.75) is 58.8 Å². The lowest BCUT2D eigenvalue weighted by atomic mass is 9.99. The molecule has 0 bridgehead atoms. The molecule has 1 rings (SSSR count). The van der Waals surface area contributed by atoms with E-state index >= 15 is 0 Å². The van der Waals surface area contributed by atoms with Crippen LogP contribution in [0.25, 0.3) is 0 Å². The second-order valence-electron chi connectivity index (χ2n) is 5.30. The summed E-state index contributed by atoms with van der Waals surface area (Å²) in [5.41, 5.74) is 7.33. The Kier molecular flexibility index (Phi) is 6.99. The maximum Gasteiger partial charge on any atom is 0.164 e. The molecular weight excluding hydrogens is 250 g/mol. The van der Waals surface area contributed by atoms with E-state index in [-0.39, 0.29) is 11.6 Å². The van der Waals surface area contributed by atoms with Crippen molar-refractivity contribution in [3.8, 4) is 0 Å². The van der Waals surface area contributed by atoms with Gasteiger partial charge in [0.15, 0.2) is 11.6 Å². The van der Waals surface area contributed by atoms with E-state index in [0.717, 1.165) is 12.8 Å². The third kappa shape index (κ3) is 5.16. The molecule has 0 aliphatic rings. The molecule has 1 aromatic rings. The van der Waals surface area contributed by atoms with Crippen LogP contribution in [0.15, 0.2) is 18.2 Å². The van der Waals surface area contributed by atoms with Gasteiger partial charge in [-0.15, -0.1) is 0 Å². The van der Waals surface area contributed by atoms with Gasteiger partial charge in [-0.05, 0) is 31.5 Å². The zero-order valence-electron chi connectivity index (χ0n) is 12.6. The smallest absolute Gasteiger partial charge is 0.164 e. The fourth-order valence-corrected chi connectivity index (χ4v) is 2.22. The van der Waals surface area contributed by atoms with Crippen LogP contribution in [0.2, 0.25) is 0 Å². The van der Waals surface area contributed by atoms with Gasteiger partial charge in [0.2, 0.25) is 0 Å². The number of nitrogen functional groups attached to an aromatic ring is 1. The minimum atomic E-state index is -0.0429. The molecule has 3 heteroatoms. The standard InChI is InChI=1S/C17H25NO2/c1-3-4-5-6-7-8-9-17(20)15-12-14(13(2)19)10-11-16(15)18/h10-12H,3-9,18H2,1-2H3. The maximum atomic E-state index is 12.1. The highest BCUT2D eigenvalue weighted by atomic mass is 16.1. The van der Waals surface area contributed by atoms with E-state index in [0.29, 0.717) is 23.2 Å². The minimum absolute atomic E-state index is 0.0427. The van der Waals surface area contributed by atoms with Crippen molar-refractivity contribution in [2.75, 3.05) is 5.73 Å². The molecule has 0 aliphatic carbocycles. The van der Waals surface area contributed by atoms with E-state index in [1.807, 2.05) is 0 Å². The molecule has 1 aromatic carbocycles. The molecular formula is C17H25NO2. The van der Waals surface area contributed by atoms with Crippen LogP contribution in [0.1, 0.15) is 79.5 Å². The number of benzene rings is 1. The quantitative estimate of drug-likeness (QED) is 0.412. The number of hydrogen-bond donors (Lipinski definition) is 1. The van der Waals surface area contributed by atoms with Crippen LogP contribution in [0.5, 0.6) is 0 Å². The zero-order chi connectivity index (χ0) is 15.0. The molecule has 0 atom stereocenters. The minimum Gasteiger partial charge on any atom is -0.398 e. The van der Waals surface area contributed by atoms with Crippen LogP contribution in [-0.4, -0.2) is 11.6 Å². The van der Waals surface area contributed by atoms with Crippen LogP contribution >= 0.6 is 0 Å². The van der Waals surface area contributed by atoms with Crippen LogP contribution in [0.4, 0.5) is 5.69 Å². The molecule has 110 valence electrons. The van der Waals surface area contributed by atoms with Crippen LogP contribution in [0, 0.1) is 0 Å². The molecule has 0 saturated carbocycles. The summed E-state index contributed by atoms with van der Waals surface area (Å²) in [5, 5.41) is 0. The second kappa shape index (κ2) is 8.51. The largest absolute Gasteiger partial charge is 0.398 e. The Morgan fingerprint density at radius 1 is 1.05 bits per heavy atom. The predicted molar refractivity (Wildman–Crippen MR) is 83.2 cm³/mol. The molecule has 20 heavy (non-hydrogen) atoms. The lowest BCUT2D eigenvalue weighted by Gasteiger charge is -2.07. The van der Waals surface area contributed by atoms with Crippen molar-refractivity contribution in [2.24, 2.45) is 0 Å². The van der Waals surface area contributed by atoms with Gasteiger partial charge in [0.25, 0.3) is 0 Å². The summed E-state index contributed by atoms with van der Waals surface area (Å²) in [6.45, 7) is 3.68. The second-order valence-corrected chi connectivity index (χ2v) is 5.30. The first-order valence-corrected chi connectivity index (χ1v) is 7.50. The first-order chi connectivity index (χ1) is 9.56. The highest BCUT2D eigenvalue weighted by molar-refractivity contribution is 6.04. The molecule has 2 N–H and O–H groups in total. The summed E-state index contributed by atoms with van der Waals surface area (Å²) in [7, 11) is 0. The van der Waals surface area contributed by atoms with Gasteiger partial charge in [0, 0.05) is 23.2 Å². The normalized spacial score (nSPS) is 10.5. The summed E-state index contributed by atoms with van der Waals surface area (Å²) < 4.78 is 0. The molecule has 0 spiro atoms. The molecule has 0 heterocycles. The fourth-order valence-electron chi connectivity index (χ4n) is 2.22. The van der Waals surface area contributed by atoms with Gasteiger partial charge in [-0.25, -0.2) is 0 Å². The van der Waals surface area contributed by atoms with Crippen molar-refractivity contribution in [3.05, 3.63) is 29.3 Å². The zero-order valence-corrected chi connectivity index (χ0v) is 12.6. The van der Waals surface area contributed by atoms with Crippen molar-refractivity contribution in [3.63, 3.8) is 0 Å². The van der Waals surface area contributed by atoms with Crippen molar-refractivity contribution in [1.82, 2.24) is 0 Å². The van der Waals surface area contributed by atoms with E-state index in [1.54, 1.807) is 18.2 Å². The van der Waals surface area contributed by atoms with E-state index in [1.165, 1.54) is 32.6 Å². The number of carbonyl (C=O) groups is 2. The van der Waals surface area contributed by atoms with Gasteiger partial charge in [0.1, 0.15) is 0 Å². The highest BCUT2D eigenvalue weighted by Gasteiger charge is 2.11. The highest BCUT2D eigenvalue weighted by Crippen LogP contribution is 2.18. The molecule has 3 nitrogen and oxygen atoms in total. The van der Waals surface area contributed by atoms with Gasteiger partial charge >= 0.3 is 0 Å². The van der Waals surface area contributed by atoms with E-state index in [4.69, 9.17) is 5.73 Å². The van der Waals surface area contributed by atoms with Gasteiger partial charge in [-0.3, -0.25) is 9.59 Å². The summed E-state index contributed by atoms with van der Waals surface area (Å²) in [5.74, 6) is -0.000271. The summed E-state index contributed by atoms with van der Waals surface area (Å²) in [6.07, 6.45) is 7.41. The maximum absolute atomic E-state index is 12.1. The summed E-state index contributed by atoms with van der Waals surface area (Å²) in [4.78, 5) is 23.5. The molecule has 0 aromatic heterocycles. The van der Waals surface area contributed by atoms with Crippen molar-refractivity contribution in [1.29, 1.82) is 0 Å². The number of unbranched alkanes of at least 4 members (excludes halogenated alkanes) is 5. The third-order valence-corrected chi connectivity index (χ3v) is 3.52. The summed E-state index contributed by atoms with van der Waals surface area (Å²) in [6, 6.07) is 4.93. The van der Waals surface area contributed by atoms with Crippen LogP contribution in [-0.2, 0) is 0 Å². The fraction of sp³-hybridized carbons (Fsp3) is 0.529. The van der Waals surface area contributed by atoms with E-state index in [2.05, 4.69) is 6.92 Å². The van der Waals surface area contributed by atoms with Gasteiger partial charge in [-0.2, -0.15) is 0 Å². The van der Waals surface area contributed by atoms with Gasteiger partial charge in [0.05, 0.1) is 0 Å². The molecule has 0 radical (unpaired) electrons. The Bertz CT molecular complexity index is 466. The number of rotatable bonds is 9. The average molecular weight is 275 g/mol. The number of carbonyl (C=O) groups excluding carboxylic acids is 2. The molecule has 0 fully saturated rings. The first-order valence-electron chi connectivity index (χ1n) is 7.50. The molecule has 0 aliphatic heterocycles. The van der Waals surface area contributed by atoms with Gasteiger partial charge < -0.3 is 5.73 Å². The summed E-state index contributed by atoms with van der Waals surface area (Å²) >= 11 is 0. The topological polar surface area (TPSA) is 60.2 Å². The Morgan fingerprint density at radius 3 is 2.35 bits per heavy atom. The lowest BCUT2D eigenvalue weighted by Crippen LogP contribution is -2.06. The Hall–Kier alpha value is -1.64. The lowest BCUT2D eigenvalue weighted by molar-refractivity contribution is 0.0980. The predicted octanol–water partition coefficient (Wildman–Crippen LogP) is 4.40. The third-order valence-electron chi connectivity index (χ3n) is 3.52. The average Bonchev–Trinajstić information content (AvgIpc) is 2.42. The number of Topliss-reactive ketones (excluding diaryl/α,β-unsaturated/α-hetero) is 2. The van der Waals surface area contributed by atoms with Crippen LogP contribution < -0.4 is 5.73 Å². The van der Waals surface area contributed by atoms with Gasteiger partial charge in [-0.1, -0.05) is 39.0 Å².